The highest BCUT2D eigenvalue weighted by atomic mass is 32.2. The van der Waals surface area contributed by atoms with E-state index < -0.39 is 44.6 Å². The molecule has 0 aromatic heterocycles. The molecule has 18 heavy (non-hydrogen) atoms. The second-order valence-corrected chi connectivity index (χ2v) is 6.44. The number of carbonyl (C=O) groups is 1. The highest BCUT2D eigenvalue weighted by Gasteiger charge is 2.34. The van der Waals surface area contributed by atoms with Crippen molar-refractivity contribution >= 4 is 15.6 Å². The summed E-state index contributed by atoms with van der Waals surface area (Å²) in [6.07, 6.45) is 0.0829. The number of carbonyl (C=O) groups excluding carboxylic acids is 1. The lowest BCUT2D eigenvalue weighted by Gasteiger charge is -2.08. The molecule has 0 spiro atoms. The third kappa shape index (κ3) is 2.40. The summed E-state index contributed by atoms with van der Waals surface area (Å²) in [4.78, 5) is 11.8. The first-order valence-electron chi connectivity index (χ1n) is 5.19. The quantitative estimate of drug-likeness (QED) is 0.611. The SMILES string of the molecule is O=C(c1cc(F)c(F)cc1F)C1CCS(=O)(=O)C1. The Bertz CT molecular complexity index is 610. The van der Waals surface area contributed by atoms with E-state index in [1.165, 1.54) is 0 Å². The number of ketones is 1. The Kier molecular flexibility index (Phi) is 3.18. The van der Waals surface area contributed by atoms with Crippen molar-refractivity contribution in [2.45, 2.75) is 6.42 Å². The molecule has 1 aliphatic heterocycles. The Morgan fingerprint density at radius 2 is 1.72 bits per heavy atom. The fourth-order valence-electron chi connectivity index (χ4n) is 1.93. The highest BCUT2D eigenvalue weighted by molar-refractivity contribution is 7.91. The van der Waals surface area contributed by atoms with Crippen molar-refractivity contribution in [3.8, 4) is 0 Å². The van der Waals surface area contributed by atoms with E-state index in [0.717, 1.165) is 0 Å². The summed E-state index contributed by atoms with van der Waals surface area (Å²) in [6, 6.07) is 0.754. The van der Waals surface area contributed by atoms with E-state index in [0.29, 0.717) is 6.07 Å². The first-order valence-corrected chi connectivity index (χ1v) is 7.01. The van der Waals surface area contributed by atoms with E-state index in [1.54, 1.807) is 0 Å². The molecular weight excluding hydrogens is 269 g/mol. The van der Waals surface area contributed by atoms with Crippen LogP contribution < -0.4 is 0 Å². The molecule has 1 atom stereocenters. The van der Waals surface area contributed by atoms with Gasteiger partial charge < -0.3 is 0 Å². The van der Waals surface area contributed by atoms with Crippen LogP contribution >= 0.6 is 0 Å². The lowest BCUT2D eigenvalue weighted by molar-refractivity contribution is 0.0928. The van der Waals surface area contributed by atoms with Crippen LogP contribution in [-0.2, 0) is 9.84 Å². The normalized spacial score (nSPS) is 22.1. The monoisotopic (exact) mass is 278 g/mol. The molecule has 98 valence electrons. The Morgan fingerprint density at radius 1 is 1.11 bits per heavy atom. The summed E-state index contributed by atoms with van der Waals surface area (Å²) < 4.78 is 61.4. The molecule has 1 saturated heterocycles. The molecule has 0 saturated carbocycles. The minimum atomic E-state index is -3.29. The van der Waals surface area contributed by atoms with Gasteiger partial charge in [-0.1, -0.05) is 0 Å². The third-order valence-electron chi connectivity index (χ3n) is 2.88. The lowest BCUT2D eigenvalue weighted by Crippen LogP contribution is -2.18. The molecule has 1 aromatic rings. The van der Waals surface area contributed by atoms with Gasteiger partial charge in [0.25, 0.3) is 0 Å². The largest absolute Gasteiger partial charge is 0.294 e. The van der Waals surface area contributed by atoms with Crippen LogP contribution in [0.4, 0.5) is 13.2 Å². The Balaban J connectivity index is 2.33. The van der Waals surface area contributed by atoms with E-state index in [1.807, 2.05) is 0 Å². The van der Waals surface area contributed by atoms with E-state index in [4.69, 9.17) is 0 Å². The molecule has 0 bridgehead atoms. The van der Waals surface area contributed by atoms with Crippen molar-refractivity contribution < 1.29 is 26.4 Å². The van der Waals surface area contributed by atoms with Crippen LogP contribution in [0.1, 0.15) is 16.8 Å². The van der Waals surface area contributed by atoms with Crippen LogP contribution in [-0.4, -0.2) is 25.7 Å². The number of Topliss-reactive ketones (excluding diaryl/α,β-unsaturated/α-hetero) is 1. The number of sulfone groups is 1. The zero-order chi connectivity index (χ0) is 13.5. The van der Waals surface area contributed by atoms with Gasteiger partial charge in [-0.3, -0.25) is 4.79 Å². The Labute approximate surface area is 102 Å². The van der Waals surface area contributed by atoms with Gasteiger partial charge in [0.2, 0.25) is 0 Å². The fraction of sp³-hybridized carbons (Fsp3) is 0.364. The number of hydrogen-bond donors (Lipinski definition) is 0. The maximum Gasteiger partial charge on any atom is 0.170 e. The number of benzene rings is 1. The predicted molar refractivity (Wildman–Crippen MR) is 57.4 cm³/mol. The fourth-order valence-corrected chi connectivity index (χ4v) is 3.67. The number of halogens is 3. The van der Waals surface area contributed by atoms with Gasteiger partial charge in [0.1, 0.15) is 5.82 Å². The zero-order valence-corrected chi connectivity index (χ0v) is 9.94. The highest BCUT2D eigenvalue weighted by Crippen LogP contribution is 2.25. The molecule has 3 nitrogen and oxygen atoms in total. The van der Waals surface area contributed by atoms with Crippen LogP contribution in [0.3, 0.4) is 0 Å². The number of rotatable bonds is 2. The first-order chi connectivity index (χ1) is 8.30. The van der Waals surface area contributed by atoms with Crippen LogP contribution in [0.2, 0.25) is 0 Å². The molecule has 0 radical (unpaired) electrons. The van der Waals surface area contributed by atoms with Gasteiger partial charge in [0.15, 0.2) is 27.3 Å². The van der Waals surface area contributed by atoms with Crippen molar-refractivity contribution in [2.75, 3.05) is 11.5 Å². The summed E-state index contributed by atoms with van der Waals surface area (Å²) in [6.45, 7) is 0. The van der Waals surface area contributed by atoms with Crippen LogP contribution in [0.25, 0.3) is 0 Å². The predicted octanol–water partition coefficient (Wildman–Crippen LogP) is 1.72. The summed E-state index contributed by atoms with van der Waals surface area (Å²) >= 11 is 0. The lowest BCUT2D eigenvalue weighted by atomic mass is 9.96. The smallest absolute Gasteiger partial charge is 0.170 e. The molecule has 0 amide bonds. The van der Waals surface area contributed by atoms with Crippen molar-refractivity contribution in [1.29, 1.82) is 0 Å². The number of hydrogen-bond acceptors (Lipinski definition) is 3. The summed E-state index contributed by atoms with van der Waals surface area (Å²) in [5.74, 6) is -6.09. The molecule has 0 aliphatic carbocycles. The van der Waals surface area contributed by atoms with E-state index in [2.05, 4.69) is 0 Å². The zero-order valence-electron chi connectivity index (χ0n) is 9.12. The van der Waals surface area contributed by atoms with Crippen molar-refractivity contribution in [1.82, 2.24) is 0 Å². The van der Waals surface area contributed by atoms with Crippen LogP contribution in [0.15, 0.2) is 12.1 Å². The maximum absolute atomic E-state index is 13.3. The van der Waals surface area contributed by atoms with E-state index >= 15 is 0 Å². The molecule has 1 unspecified atom stereocenters. The Morgan fingerprint density at radius 3 is 2.28 bits per heavy atom. The van der Waals surface area contributed by atoms with Crippen LogP contribution in [0.5, 0.6) is 0 Å². The van der Waals surface area contributed by atoms with Gasteiger partial charge in [-0.05, 0) is 12.5 Å². The van der Waals surface area contributed by atoms with Gasteiger partial charge in [-0.15, -0.1) is 0 Å². The summed E-state index contributed by atoms with van der Waals surface area (Å²) in [5.41, 5.74) is -0.601. The first kappa shape index (κ1) is 13.1. The second kappa shape index (κ2) is 4.38. The maximum atomic E-state index is 13.3. The van der Waals surface area contributed by atoms with Gasteiger partial charge in [-0.2, -0.15) is 0 Å². The van der Waals surface area contributed by atoms with Crippen molar-refractivity contribution in [3.63, 3.8) is 0 Å². The van der Waals surface area contributed by atoms with E-state index in [-0.39, 0.29) is 24.0 Å². The Hall–Kier alpha value is -1.37. The van der Waals surface area contributed by atoms with Crippen molar-refractivity contribution in [3.05, 3.63) is 35.1 Å². The topological polar surface area (TPSA) is 51.2 Å². The average Bonchev–Trinajstić information content (AvgIpc) is 2.63. The van der Waals surface area contributed by atoms with Crippen LogP contribution in [0, 0.1) is 23.4 Å². The van der Waals surface area contributed by atoms with Crippen molar-refractivity contribution in [2.24, 2.45) is 5.92 Å². The standard InChI is InChI=1S/C11H9F3O3S/c12-8-4-10(14)9(13)3-7(8)11(15)6-1-2-18(16,17)5-6/h3-4,6H,1-2,5H2. The van der Waals surface area contributed by atoms with Gasteiger partial charge in [0, 0.05) is 12.0 Å². The summed E-state index contributed by atoms with van der Waals surface area (Å²) in [5, 5.41) is 0. The molecule has 0 N–H and O–H groups in total. The minimum Gasteiger partial charge on any atom is -0.294 e. The molecule has 1 aliphatic rings. The molecule has 7 heteroatoms. The second-order valence-electron chi connectivity index (χ2n) is 4.21. The van der Waals surface area contributed by atoms with Gasteiger partial charge in [0.05, 0.1) is 17.1 Å². The van der Waals surface area contributed by atoms with Gasteiger partial charge >= 0.3 is 0 Å². The molecule has 2 rings (SSSR count). The summed E-state index contributed by atoms with van der Waals surface area (Å²) in [7, 11) is -3.29. The molecule has 1 aromatic carbocycles. The molecule has 1 heterocycles. The van der Waals surface area contributed by atoms with E-state index in [9.17, 15) is 26.4 Å². The van der Waals surface area contributed by atoms with Gasteiger partial charge in [-0.25, -0.2) is 21.6 Å². The molecule has 1 fully saturated rings. The average molecular weight is 278 g/mol. The minimum absolute atomic E-state index is 0.0829. The molecular formula is C11H9F3O3S. The third-order valence-corrected chi connectivity index (χ3v) is 4.65.